The summed E-state index contributed by atoms with van der Waals surface area (Å²) in [6, 6.07) is 12.6. The van der Waals surface area contributed by atoms with E-state index in [0.717, 1.165) is 22.4 Å². The first-order valence-electron chi connectivity index (χ1n) is 26.1. The minimum Gasteiger partial charge on any atom is -0.480 e. The number of carbonyl (C=O) groups excluding carboxylic acids is 9. The molecule has 21 heteroatoms. The fourth-order valence-electron chi connectivity index (χ4n) is 6.36. The molecule has 0 spiro atoms. The van der Waals surface area contributed by atoms with Crippen molar-refractivity contribution < 1.29 is 82.3 Å². The number of nitrogens with zero attached hydrogens (tertiary/aromatic N) is 1. The Bertz CT molecular complexity index is 2250. The summed E-state index contributed by atoms with van der Waals surface area (Å²) < 4.78 is 14.6. The first-order chi connectivity index (χ1) is 37.2. The van der Waals surface area contributed by atoms with Crippen molar-refractivity contribution >= 4 is 64.9 Å². The summed E-state index contributed by atoms with van der Waals surface area (Å²) in [5.74, 6) is -7.82. The van der Waals surface area contributed by atoms with Gasteiger partial charge in [0.05, 0.1) is 56.3 Å². The zero-order valence-corrected chi connectivity index (χ0v) is 47.7. The SMILES string of the molecule is C=CCOC(=O)C[C@H](C(=O)N[C@@H](C)C(=O)Cc1ccc(CO)cc1)C(C)C.C=CCOC(=O)C[C@H](C(=O)N[C@@H](C)C(=O)O)C(C)C.C=CCOC(=O)C[C@H](C(=O)ON1C(=O)CCC1=O)C(C)C.CCC.Nc1ccc(CO)cc1. The maximum absolute atomic E-state index is 12.5. The number of hydrogen-bond donors (Lipinski definition) is 6. The number of imide groups is 1. The van der Waals surface area contributed by atoms with Crippen LogP contribution in [-0.2, 0) is 86.6 Å². The molecule has 1 heterocycles. The van der Waals surface area contributed by atoms with Crippen LogP contribution in [0.2, 0.25) is 0 Å². The molecule has 79 heavy (non-hydrogen) atoms. The molecule has 0 aliphatic carbocycles. The van der Waals surface area contributed by atoms with E-state index < -0.39 is 77.4 Å². The summed E-state index contributed by atoms with van der Waals surface area (Å²) in [4.78, 5) is 122. The third-order valence-electron chi connectivity index (χ3n) is 11.1. The van der Waals surface area contributed by atoms with Gasteiger partial charge in [0.25, 0.3) is 11.8 Å². The monoisotopic (exact) mass is 1110 g/mol. The highest BCUT2D eigenvalue weighted by Crippen LogP contribution is 2.22. The number of rotatable bonds is 27. The number of Topliss-reactive ketones (excluding diaryl/α,β-unsaturated/α-hetero) is 1. The molecular formula is C58H86N4O17. The number of hydroxylamine groups is 2. The number of nitrogen functional groups attached to an aromatic ring is 1. The van der Waals surface area contributed by atoms with Gasteiger partial charge in [0.2, 0.25) is 11.8 Å². The van der Waals surface area contributed by atoms with Gasteiger partial charge in [0.1, 0.15) is 25.9 Å². The van der Waals surface area contributed by atoms with Crippen LogP contribution in [0.1, 0.15) is 124 Å². The molecule has 0 radical (unpaired) electrons. The van der Waals surface area contributed by atoms with Gasteiger partial charge in [-0.3, -0.25) is 43.2 Å². The number of aliphatic carboxylic acids is 1. The smallest absolute Gasteiger partial charge is 0.337 e. The van der Waals surface area contributed by atoms with E-state index in [0.29, 0.717) is 5.06 Å². The van der Waals surface area contributed by atoms with E-state index in [2.05, 4.69) is 44.2 Å². The highest BCUT2D eigenvalue weighted by molar-refractivity contribution is 6.01. The van der Waals surface area contributed by atoms with Crippen LogP contribution in [-0.4, -0.2) is 112 Å². The summed E-state index contributed by atoms with van der Waals surface area (Å²) in [7, 11) is 0. The number of benzene rings is 2. The van der Waals surface area contributed by atoms with E-state index in [4.69, 9.17) is 40.1 Å². The van der Waals surface area contributed by atoms with Crippen molar-refractivity contribution in [3.8, 4) is 0 Å². The molecular weight excluding hydrogens is 1020 g/mol. The molecule has 4 amide bonds. The average molecular weight is 1110 g/mol. The van der Waals surface area contributed by atoms with Gasteiger partial charge >= 0.3 is 29.8 Å². The number of ether oxygens (including phenoxy) is 3. The number of anilines is 1. The third kappa shape index (κ3) is 32.1. The molecule has 0 aromatic heterocycles. The Labute approximate surface area is 465 Å². The van der Waals surface area contributed by atoms with Crippen LogP contribution in [0.15, 0.2) is 86.5 Å². The van der Waals surface area contributed by atoms with E-state index in [1.165, 1.54) is 31.6 Å². The van der Waals surface area contributed by atoms with E-state index in [1.54, 1.807) is 83.1 Å². The fraction of sp³-hybridized carbons (Fsp3) is 0.517. The van der Waals surface area contributed by atoms with Gasteiger partial charge in [-0.15, -0.1) is 5.06 Å². The maximum Gasteiger partial charge on any atom is 0.337 e. The van der Waals surface area contributed by atoms with Gasteiger partial charge in [0.15, 0.2) is 5.78 Å². The van der Waals surface area contributed by atoms with Crippen LogP contribution in [0, 0.1) is 35.5 Å². The number of nitrogens with two attached hydrogens (primary N) is 1. The predicted molar refractivity (Wildman–Crippen MR) is 296 cm³/mol. The Morgan fingerprint density at radius 2 is 0.911 bits per heavy atom. The number of carbonyl (C=O) groups is 10. The number of aliphatic hydroxyl groups is 2. The summed E-state index contributed by atoms with van der Waals surface area (Å²) in [5, 5.41) is 31.9. The standard InChI is InChI=1S/C21H29NO5.C14H19NO6.C13H21NO5.C7H9NO.C3H8/c1-5-10-27-20(25)12-18(14(2)3)21(26)22-15(4)19(24)11-16-6-8-17(13-23)9-7-16;1-4-7-20-13(18)8-10(9(2)3)14(19)21-15-11(16)5-6-12(15)17;1-5-6-19-11(15)7-10(8(2)3)12(16)14-9(4)13(17)18;8-7-3-1-6(5-9)2-4-7;1-3-2/h5-9,14-15,18,23H,1,10-13H2,2-4H3,(H,22,26);4,9-10H,1,5-8H2,2-3H3;5,8-10H,1,6-7H2,2-4H3,(H,14,16)(H,17,18);1-4,9H,5,8H2;3H2,1-2H3/t15-,18-;10-;9-,10-;;/m000../s1. The second-order valence-corrected chi connectivity index (χ2v) is 19.1. The largest absolute Gasteiger partial charge is 0.480 e. The van der Waals surface area contributed by atoms with Gasteiger partial charge in [-0.25, -0.2) is 4.79 Å². The van der Waals surface area contributed by atoms with Crippen LogP contribution in [0.4, 0.5) is 5.69 Å². The maximum atomic E-state index is 12.5. The second kappa shape index (κ2) is 41.6. The van der Waals surface area contributed by atoms with Crippen molar-refractivity contribution in [2.75, 3.05) is 25.6 Å². The zero-order chi connectivity index (χ0) is 60.8. The van der Waals surface area contributed by atoms with Crippen molar-refractivity contribution in [3.05, 3.63) is 103 Å². The zero-order valence-electron chi connectivity index (χ0n) is 47.7. The van der Waals surface area contributed by atoms with Gasteiger partial charge in [-0.2, -0.15) is 0 Å². The van der Waals surface area contributed by atoms with E-state index in [9.17, 15) is 47.9 Å². The van der Waals surface area contributed by atoms with Crippen molar-refractivity contribution in [3.63, 3.8) is 0 Å². The lowest BCUT2D eigenvalue weighted by atomic mass is 9.91. The lowest BCUT2D eigenvalue weighted by molar-refractivity contribution is -0.202. The number of hydrogen-bond acceptors (Lipinski definition) is 17. The summed E-state index contributed by atoms with van der Waals surface area (Å²) in [6.45, 7) is 28.6. The lowest BCUT2D eigenvalue weighted by Crippen LogP contribution is -2.44. The molecule has 0 saturated carbocycles. The average Bonchev–Trinajstić information content (AvgIpc) is 3.72. The molecule has 5 atom stereocenters. The topological polar surface area (TPSA) is 322 Å². The molecule has 21 nitrogen and oxygen atoms in total. The number of ketones is 1. The summed E-state index contributed by atoms with van der Waals surface area (Å²) in [5.41, 5.74) is 8.61. The highest BCUT2D eigenvalue weighted by Gasteiger charge is 2.37. The summed E-state index contributed by atoms with van der Waals surface area (Å²) >= 11 is 0. The van der Waals surface area contributed by atoms with Crippen molar-refractivity contribution in [2.45, 2.75) is 139 Å². The van der Waals surface area contributed by atoms with Crippen molar-refractivity contribution in [1.29, 1.82) is 0 Å². The van der Waals surface area contributed by atoms with Gasteiger partial charge < -0.3 is 50.7 Å². The molecule has 0 bridgehead atoms. The molecule has 7 N–H and O–H groups in total. The van der Waals surface area contributed by atoms with Gasteiger partial charge in [-0.1, -0.05) is 136 Å². The normalized spacial score (nSPS) is 13.2. The van der Waals surface area contributed by atoms with E-state index in [1.807, 2.05) is 13.8 Å². The number of carboxylic acids is 1. The number of nitrogens with one attached hydrogen (secondary N) is 2. The Morgan fingerprint density at radius 1 is 0.582 bits per heavy atom. The van der Waals surface area contributed by atoms with E-state index >= 15 is 0 Å². The van der Waals surface area contributed by atoms with Crippen LogP contribution in [0.5, 0.6) is 0 Å². The Morgan fingerprint density at radius 3 is 1.24 bits per heavy atom. The second-order valence-electron chi connectivity index (χ2n) is 19.1. The molecule has 3 rings (SSSR count). The minimum atomic E-state index is -1.12. The highest BCUT2D eigenvalue weighted by atomic mass is 16.7. The lowest BCUT2D eigenvalue weighted by Gasteiger charge is -2.22. The van der Waals surface area contributed by atoms with Gasteiger partial charge in [-0.05, 0) is 60.4 Å². The van der Waals surface area contributed by atoms with Crippen LogP contribution >= 0.6 is 0 Å². The van der Waals surface area contributed by atoms with Crippen LogP contribution in [0.25, 0.3) is 0 Å². The van der Waals surface area contributed by atoms with Crippen molar-refractivity contribution in [2.24, 2.45) is 35.5 Å². The number of aliphatic hydroxyl groups excluding tert-OH is 2. The van der Waals surface area contributed by atoms with E-state index in [-0.39, 0.29) is 101 Å². The first kappa shape index (κ1) is 73.6. The number of amides is 4. The first-order valence-corrected chi connectivity index (χ1v) is 26.1. The molecule has 2 aromatic carbocycles. The molecule has 1 aliphatic heterocycles. The Kier molecular flexibility index (Phi) is 38.7. The van der Waals surface area contributed by atoms with Crippen LogP contribution in [0.3, 0.4) is 0 Å². The number of esters is 3. The Balaban J connectivity index is 0. The van der Waals surface area contributed by atoms with Crippen LogP contribution < -0.4 is 16.4 Å². The predicted octanol–water partition coefficient (Wildman–Crippen LogP) is 6.32. The minimum absolute atomic E-state index is 0.0276. The number of carboxylic acid groups (broad SMARTS) is 1. The Hall–Kier alpha value is -7.52. The van der Waals surface area contributed by atoms with Gasteiger partial charge in [0, 0.05) is 24.9 Å². The summed E-state index contributed by atoms with van der Waals surface area (Å²) in [6.07, 6.45) is 5.51. The third-order valence-corrected chi connectivity index (χ3v) is 11.1. The quantitative estimate of drug-likeness (QED) is 0.0187. The molecule has 440 valence electrons. The molecule has 0 unspecified atom stereocenters. The molecule has 1 aliphatic rings. The molecule has 1 fully saturated rings. The molecule has 2 aromatic rings. The molecule has 1 saturated heterocycles. The van der Waals surface area contributed by atoms with Crippen molar-refractivity contribution in [1.82, 2.24) is 15.7 Å². The fourth-order valence-corrected chi connectivity index (χ4v) is 6.36.